The van der Waals surface area contributed by atoms with Crippen LogP contribution < -0.4 is 5.32 Å². The van der Waals surface area contributed by atoms with Gasteiger partial charge in [0.1, 0.15) is 0 Å². The number of nitrogens with one attached hydrogen (secondary N) is 1. The minimum Gasteiger partial charge on any atom is -0.379 e. The molecule has 1 fully saturated rings. The summed E-state index contributed by atoms with van der Waals surface area (Å²) in [4.78, 5) is 0. The third-order valence-corrected chi connectivity index (χ3v) is 2.83. The third kappa shape index (κ3) is 6.88. The van der Waals surface area contributed by atoms with Gasteiger partial charge in [0, 0.05) is 13.2 Å². The van der Waals surface area contributed by atoms with E-state index < -0.39 is 0 Å². The van der Waals surface area contributed by atoms with Gasteiger partial charge < -0.3 is 14.8 Å². The molecule has 1 N–H and O–H groups in total. The first-order valence-electron chi connectivity index (χ1n) is 6.29. The molecule has 0 aromatic heterocycles. The van der Waals surface area contributed by atoms with E-state index in [9.17, 15) is 0 Å². The standard InChI is InChI=1S/C12H25NO2/c1-2-3-8-14-9-10-15-11-12-4-6-13-7-5-12/h12-13H,2-11H2,1H3. The van der Waals surface area contributed by atoms with Crippen molar-refractivity contribution in [1.82, 2.24) is 5.32 Å². The van der Waals surface area contributed by atoms with E-state index in [1.54, 1.807) is 0 Å². The lowest BCUT2D eigenvalue weighted by Crippen LogP contribution is -2.30. The first-order chi connectivity index (χ1) is 7.43. The van der Waals surface area contributed by atoms with Crippen LogP contribution in [-0.4, -0.2) is 39.5 Å². The Morgan fingerprint density at radius 3 is 2.53 bits per heavy atom. The van der Waals surface area contributed by atoms with Crippen LogP contribution in [0.4, 0.5) is 0 Å². The highest BCUT2D eigenvalue weighted by molar-refractivity contribution is 4.67. The fraction of sp³-hybridized carbons (Fsp3) is 1.00. The lowest BCUT2D eigenvalue weighted by atomic mass is 9.99. The number of piperidine rings is 1. The van der Waals surface area contributed by atoms with E-state index in [1.807, 2.05) is 0 Å². The summed E-state index contributed by atoms with van der Waals surface area (Å²) in [7, 11) is 0. The largest absolute Gasteiger partial charge is 0.379 e. The van der Waals surface area contributed by atoms with Gasteiger partial charge in [-0.25, -0.2) is 0 Å². The topological polar surface area (TPSA) is 30.5 Å². The summed E-state index contributed by atoms with van der Waals surface area (Å²) in [5.74, 6) is 0.766. The molecule has 1 aliphatic rings. The van der Waals surface area contributed by atoms with Crippen LogP contribution in [0.3, 0.4) is 0 Å². The molecular formula is C12H25NO2. The SMILES string of the molecule is CCCCOCCOCC1CCNCC1. The summed E-state index contributed by atoms with van der Waals surface area (Å²) in [6.07, 6.45) is 4.89. The Hall–Kier alpha value is -0.120. The van der Waals surface area contributed by atoms with Crippen LogP contribution in [0.2, 0.25) is 0 Å². The molecular weight excluding hydrogens is 190 g/mol. The van der Waals surface area contributed by atoms with Gasteiger partial charge in [-0.05, 0) is 38.3 Å². The molecule has 90 valence electrons. The fourth-order valence-electron chi connectivity index (χ4n) is 1.76. The highest BCUT2D eigenvalue weighted by Gasteiger charge is 2.12. The van der Waals surface area contributed by atoms with Crippen LogP contribution in [-0.2, 0) is 9.47 Å². The highest BCUT2D eigenvalue weighted by atomic mass is 16.5. The van der Waals surface area contributed by atoms with Crippen LogP contribution in [0.25, 0.3) is 0 Å². The quantitative estimate of drug-likeness (QED) is 0.627. The maximum atomic E-state index is 5.60. The molecule has 0 unspecified atom stereocenters. The van der Waals surface area contributed by atoms with E-state index in [4.69, 9.17) is 9.47 Å². The van der Waals surface area contributed by atoms with Gasteiger partial charge in [0.15, 0.2) is 0 Å². The number of unbranched alkanes of at least 4 members (excludes halogenated alkanes) is 1. The van der Waals surface area contributed by atoms with Gasteiger partial charge in [-0.15, -0.1) is 0 Å². The predicted molar refractivity (Wildman–Crippen MR) is 62.1 cm³/mol. The summed E-state index contributed by atoms with van der Waals surface area (Å²) >= 11 is 0. The van der Waals surface area contributed by atoms with E-state index in [2.05, 4.69) is 12.2 Å². The van der Waals surface area contributed by atoms with Crippen molar-refractivity contribution in [2.75, 3.05) is 39.5 Å². The normalized spacial score (nSPS) is 18.2. The van der Waals surface area contributed by atoms with Gasteiger partial charge in [-0.3, -0.25) is 0 Å². The zero-order chi connectivity index (χ0) is 10.8. The maximum absolute atomic E-state index is 5.60. The molecule has 0 aliphatic carbocycles. The van der Waals surface area contributed by atoms with Crippen molar-refractivity contribution in [3.8, 4) is 0 Å². The lowest BCUT2D eigenvalue weighted by molar-refractivity contribution is 0.0282. The molecule has 1 heterocycles. The number of hydrogen-bond donors (Lipinski definition) is 1. The van der Waals surface area contributed by atoms with E-state index >= 15 is 0 Å². The molecule has 0 amide bonds. The van der Waals surface area contributed by atoms with Crippen LogP contribution in [0, 0.1) is 5.92 Å². The van der Waals surface area contributed by atoms with E-state index in [0.717, 1.165) is 51.9 Å². The fourth-order valence-corrected chi connectivity index (χ4v) is 1.76. The average molecular weight is 215 g/mol. The monoisotopic (exact) mass is 215 g/mol. The Labute approximate surface area is 93.5 Å². The van der Waals surface area contributed by atoms with Gasteiger partial charge >= 0.3 is 0 Å². The van der Waals surface area contributed by atoms with Gasteiger partial charge in [-0.2, -0.15) is 0 Å². The Morgan fingerprint density at radius 1 is 1.07 bits per heavy atom. The van der Waals surface area contributed by atoms with Crippen LogP contribution in [0.1, 0.15) is 32.6 Å². The Morgan fingerprint density at radius 2 is 1.80 bits per heavy atom. The molecule has 1 saturated heterocycles. The van der Waals surface area contributed by atoms with Crippen molar-refractivity contribution >= 4 is 0 Å². The second kappa shape index (κ2) is 9.13. The molecule has 0 spiro atoms. The van der Waals surface area contributed by atoms with Crippen molar-refractivity contribution in [3.05, 3.63) is 0 Å². The molecule has 0 saturated carbocycles. The zero-order valence-electron chi connectivity index (χ0n) is 9.96. The third-order valence-electron chi connectivity index (χ3n) is 2.83. The summed E-state index contributed by atoms with van der Waals surface area (Å²) in [5, 5.41) is 3.36. The van der Waals surface area contributed by atoms with E-state index in [0.29, 0.717) is 0 Å². The van der Waals surface area contributed by atoms with Crippen molar-refractivity contribution < 1.29 is 9.47 Å². The molecule has 3 heteroatoms. The molecule has 0 bridgehead atoms. The van der Waals surface area contributed by atoms with Crippen molar-refractivity contribution in [1.29, 1.82) is 0 Å². The number of rotatable bonds is 8. The maximum Gasteiger partial charge on any atom is 0.0700 e. The molecule has 0 radical (unpaired) electrons. The molecule has 0 aromatic rings. The van der Waals surface area contributed by atoms with Gasteiger partial charge in [-0.1, -0.05) is 13.3 Å². The minimum absolute atomic E-state index is 0.755. The molecule has 1 aliphatic heterocycles. The van der Waals surface area contributed by atoms with Crippen molar-refractivity contribution in [3.63, 3.8) is 0 Å². The van der Waals surface area contributed by atoms with Crippen molar-refractivity contribution in [2.45, 2.75) is 32.6 Å². The second-order valence-electron chi connectivity index (χ2n) is 4.23. The van der Waals surface area contributed by atoms with Gasteiger partial charge in [0.2, 0.25) is 0 Å². The Balaban J connectivity index is 1.79. The summed E-state index contributed by atoms with van der Waals surface area (Å²) in [5.41, 5.74) is 0. The molecule has 3 nitrogen and oxygen atoms in total. The zero-order valence-corrected chi connectivity index (χ0v) is 9.96. The first-order valence-corrected chi connectivity index (χ1v) is 6.29. The second-order valence-corrected chi connectivity index (χ2v) is 4.23. The smallest absolute Gasteiger partial charge is 0.0700 e. The lowest BCUT2D eigenvalue weighted by Gasteiger charge is -2.22. The van der Waals surface area contributed by atoms with Crippen LogP contribution >= 0.6 is 0 Å². The number of ether oxygens (including phenoxy) is 2. The van der Waals surface area contributed by atoms with Crippen molar-refractivity contribution in [2.24, 2.45) is 5.92 Å². The first kappa shape index (κ1) is 12.9. The molecule has 15 heavy (non-hydrogen) atoms. The number of hydrogen-bond acceptors (Lipinski definition) is 3. The average Bonchev–Trinajstić information content (AvgIpc) is 2.29. The van der Waals surface area contributed by atoms with Gasteiger partial charge in [0.25, 0.3) is 0 Å². The van der Waals surface area contributed by atoms with Crippen LogP contribution in [0.15, 0.2) is 0 Å². The molecule has 1 rings (SSSR count). The van der Waals surface area contributed by atoms with E-state index in [1.165, 1.54) is 19.3 Å². The van der Waals surface area contributed by atoms with Crippen LogP contribution in [0.5, 0.6) is 0 Å². The Bertz CT molecular complexity index is 136. The minimum atomic E-state index is 0.755. The summed E-state index contributed by atoms with van der Waals surface area (Å²) in [6.45, 7) is 7.80. The summed E-state index contributed by atoms with van der Waals surface area (Å²) < 4.78 is 11.0. The molecule has 0 atom stereocenters. The van der Waals surface area contributed by atoms with E-state index in [-0.39, 0.29) is 0 Å². The summed E-state index contributed by atoms with van der Waals surface area (Å²) in [6, 6.07) is 0. The highest BCUT2D eigenvalue weighted by Crippen LogP contribution is 2.11. The molecule has 0 aromatic carbocycles. The Kier molecular flexibility index (Phi) is 7.88. The van der Waals surface area contributed by atoms with Gasteiger partial charge in [0.05, 0.1) is 13.2 Å². The predicted octanol–water partition coefficient (Wildman–Crippen LogP) is 1.82.